The predicted octanol–water partition coefficient (Wildman–Crippen LogP) is 2.18. The number of anilines is 1. The van der Waals surface area contributed by atoms with E-state index in [0.29, 0.717) is 5.69 Å². The summed E-state index contributed by atoms with van der Waals surface area (Å²) in [7, 11) is -3.72. The highest BCUT2D eigenvalue weighted by Gasteiger charge is 2.61. The van der Waals surface area contributed by atoms with Gasteiger partial charge in [0.1, 0.15) is 0 Å². The van der Waals surface area contributed by atoms with Crippen molar-refractivity contribution in [1.82, 2.24) is 0 Å². The summed E-state index contributed by atoms with van der Waals surface area (Å²) in [5, 5.41) is 7.96. The molecule has 2 aliphatic carbocycles. The van der Waals surface area contributed by atoms with Crippen LogP contribution in [-0.2, 0) is 26.7 Å². The number of nitrogens with two attached hydrogens (primary N) is 1. The second-order valence-electron chi connectivity index (χ2n) is 6.63. The molecule has 5 nitrogen and oxygen atoms in total. The molecule has 0 aliphatic heterocycles. The Morgan fingerprint density at radius 2 is 1.83 bits per heavy atom. The molecule has 3 N–H and O–H groups in total. The Hall–Kier alpha value is -2.18. The minimum atomic E-state index is -3.72. The maximum atomic E-state index is 12.6. The monoisotopic (exact) mass is 342 g/mol. The first-order valence-electron chi connectivity index (χ1n) is 7.92. The lowest BCUT2D eigenvalue weighted by molar-refractivity contribution is -0.117. The van der Waals surface area contributed by atoms with Gasteiger partial charge in [-0.15, -0.1) is 0 Å². The number of amides is 1. The zero-order valence-corrected chi connectivity index (χ0v) is 13.8. The van der Waals surface area contributed by atoms with Gasteiger partial charge in [-0.3, -0.25) is 4.79 Å². The Bertz CT molecular complexity index is 922. The topological polar surface area (TPSA) is 89.3 Å². The van der Waals surface area contributed by atoms with Crippen LogP contribution in [0.1, 0.15) is 24.0 Å². The third-order valence-electron chi connectivity index (χ3n) is 5.24. The van der Waals surface area contributed by atoms with E-state index < -0.39 is 10.0 Å². The number of aryl methyl sites for hydroxylation is 1. The number of carbonyl (C=O) groups excluding carboxylic acids is 1. The van der Waals surface area contributed by atoms with E-state index in [4.69, 9.17) is 5.14 Å². The van der Waals surface area contributed by atoms with Gasteiger partial charge in [0.25, 0.3) is 0 Å². The highest BCUT2D eigenvalue weighted by atomic mass is 32.2. The predicted molar refractivity (Wildman–Crippen MR) is 91.0 cm³/mol. The van der Waals surface area contributed by atoms with Crippen molar-refractivity contribution < 1.29 is 13.2 Å². The number of rotatable bonds is 3. The first-order valence-corrected chi connectivity index (χ1v) is 9.47. The zero-order valence-electron chi connectivity index (χ0n) is 13.0. The molecule has 0 aromatic heterocycles. The summed E-state index contributed by atoms with van der Waals surface area (Å²) in [4.78, 5) is 12.6. The second kappa shape index (κ2) is 5.16. The van der Waals surface area contributed by atoms with Crippen molar-refractivity contribution in [2.75, 3.05) is 5.32 Å². The number of fused-ring (bicyclic) bond motifs is 2. The fraction of sp³-hybridized carbons (Fsp3) is 0.278. The van der Waals surface area contributed by atoms with Crippen molar-refractivity contribution in [2.45, 2.75) is 29.6 Å². The minimum absolute atomic E-state index is 0.00121. The summed E-state index contributed by atoms with van der Waals surface area (Å²) >= 11 is 0. The molecule has 1 fully saturated rings. The summed E-state index contributed by atoms with van der Waals surface area (Å²) in [6, 6.07) is 14.3. The molecule has 0 radical (unpaired) electrons. The first-order chi connectivity index (χ1) is 11.4. The van der Waals surface area contributed by atoms with Crippen molar-refractivity contribution in [3.8, 4) is 0 Å². The van der Waals surface area contributed by atoms with E-state index in [1.165, 1.54) is 23.3 Å². The Morgan fingerprint density at radius 1 is 1.12 bits per heavy atom. The summed E-state index contributed by atoms with van der Waals surface area (Å²) in [6.07, 6.45) is 2.93. The van der Waals surface area contributed by atoms with Gasteiger partial charge in [-0.05, 0) is 54.7 Å². The lowest BCUT2D eigenvalue weighted by Gasteiger charge is -2.12. The van der Waals surface area contributed by atoms with E-state index in [1.807, 2.05) is 12.1 Å². The van der Waals surface area contributed by atoms with Crippen LogP contribution in [0.2, 0.25) is 0 Å². The maximum Gasteiger partial charge on any atom is 0.238 e. The third kappa shape index (κ3) is 2.42. The molecule has 0 unspecified atom stereocenters. The van der Waals surface area contributed by atoms with Crippen molar-refractivity contribution in [2.24, 2.45) is 11.1 Å². The van der Waals surface area contributed by atoms with Gasteiger partial charge in [-0.1, -0.05) is 24.3 Å². The van der Waals surface area contributed by atoms with Gasteiger partial charge in [0.2, 0.25) is 15.9 Å². The Morgan fingerprint density at radius 3 is 2.54 bits per heavy atom. The molecule has 2 aliphatic rings. The number of primary sulfonamides is 1. The van der Waals surface area contributed by atoms with E-state index >= 15 is 0 Å². The number of hydrogen-bond acceptors (Lipinski definition) is 3. The van der Waals surface area contributed by atoms with E-state index in [1.54, 1.807) is 12.1 Å². The van der Waals surface area contributed by atoms with Crippen molar-refractivity contribution in [1.29, 1.82) is 0 Å². The molecule has 2 atom stereocenters. The number of benzene rings is 2. The summed E-state index contributed by atoms with van der Waals surface area (Å²) in [5.41, 5.74) is 3.25. The van der Waals surface area contributed by atoms with Gasteiger partial charge < -0.3 is 5.32 Å². The van der Waals surface area contributed by atoms with Crippen molar-refractivity contribution in [3.05, 3.63) is 59.7 Å². The number of sulfonamides is 1. The van der Waals surface area contributed by atoms with Gasteiger partial charge in [-0.25, -0.2) is 13.6 Å². The van der Waals surface area contributed by atoms with Gasteiger partial charge in [0.05, 0.1) is 4.90 Å². The first kappa shape index (κ1) is 15.4. The summed E-state index contributed by atoms with van der Waals surface area (Å²) in [5.74, 6) is -0.0193. The molecule has 1 spiro atoms. The molecular formula is C18H18N2O3S. The quantitative estimate of drug-likeness (QED) is 0.896. The summed E-state index contributed by atoms with van der Waals surface area (Å²) < 4.78 is 22.5. The number of carbonyl (C=O) groups is 1. The largest absolute Gasteiger partial charge is 0.326 e. The maximum absolute atomic E-state index is 12.6. The van der Waals surface area contributed by atoms with Gasteiger partial charge in [0, 0.05) is 17.0 Å². The molecule has 6 heteroatoms. The Kier molecular flexibility index (Phi) is 3.30. The molecule has 1 saturated carbocycles. The van der Waals surface area contributed by atoms with Gasteiger partial charge >= 0.3 is 0 Å². The smallest absolute Gasteiger partial charge is 0.238 e. The van der Waals surface area contributed by atoms with E-state index in [9.17, 15) is 13.2 Å². The molecule has 1 amide bonds. The van der Waals surface area contributed by atoms with E-state index in [2.05, 4.69) is 17.4 Å². The van der Waals surface area contributed by atoms with Gasteiger partial charge in [0.15, 0.2) is 0 Å². The van der Waals surface area contributed by atoms with Crippen LogP contribution in [0.15, 0.2) is 53.4 Å². The van der Waals surface area contributed by atoms with Crippen LogP contribution >= 0.6 is 0 Å². The van der Waals surface area contributed by atoms with Crippen LogP contribution in [0, 0.1) is 5.92 Å². The molecule has 0 saturated heterocycles. The number of nitrogens with one attached hydrogen (secondary N) is 1. The van der Waals surface area contributed by atoms with E-state index in [0.717, 1.165) is 19.3 Å². The van der Waals surface area contributed by atoms with Crippen LogP contribution in [0.5, 0.6) is 0 Å². The molecular weight excluding hydrogens is 324 g/mol. The van der Waals surface area contributed by atoms with Crippen LogP contribution in [0.3, 0.4) is 0 Å². The Balaban J connectivity index is 1.49. The normalized spacial score (nSPS) is 24.6. The Labute approximate surface area is 140 Å². The highest BCUT2D eigenvalue weighted by molar-refractivity contribution is 7.89. The van der Waals surface area contributed by atoms with E-state index in [-0.39, 0.29) is 22.1 Å². The van der Waals surface area contributed by atoms with Crippen LogP contribution in [0.25, 0.3) is 0 Å². The molecule has 24 heavy (non-hydrogen) atoms. The average molecular weight is 342 g/mol. The second-order valence-corrected chi connectivity index (χ2v) is 8.19. The number of hydrogen-bond donors (Lipinski definition) is 2. The lowest BCUT2D eigenvalue weighted by atomic mass is 9.95. The molecule has 2 aromatic rings. The fourth-order valence-electron chi connectivity index (χ4n) is 3.90. The lowest BCUT2D eigenvalue weighted by Crippen LogP contribution is -2.20. The molecule has 124 valence electrons. The fourth-order valence-corrected chi connectivity index (χ4v) is 4.41. The summed E-state index contributed by atoms with van der Waals surface area (Å²) in [6.45, 7) is 0. The molecule has 0 heterocycles. The van der Waals surface area contributed by atoms with Gasteiger partial charge in [-0.2, -0.15) is 0 Å². The molecule has 4 rings (SSSR count). The van der Waals surface area contributed by atoms with Crippen LogP contribution in [0.4, 0.5) is 5.69 Å². The zero-order chi connectivity index (χ0) is 16.9. The average Bonchev–Trinajstić information content (AvgIpc) is 3.17. The standard InChI is InChI=1S/C18H18N2O3S/c19-24(22,23)14-7-5-13(6-8-14)20-17(21)16-11-18(16)10-9-12-3-1-2-4-15(12)18/h1-8,16H,9-11H2,(H,20,21)(H2,19,22,23)/t16-,18+/m1/s1. The highest BCUT2D eigenvalue weighted by Crippen LogP contribution is 2.61. The molecule has 0 bridgehead atoms. The minimum Gasteiger partial charge on any atom is -0.326 e. The van der Waals surface area contributed by atoms with Crippen LogP contribution in [-0.4, -0.2) is 14.3 Å². The molecule has 2 aromatic carbocycles. The SMILES string of the molecule is NS(=O)(=O)c1ccc(NC(=O)[C@H]2C[C@]23CCc2ccccc23)cc1. The van der Waals surface area contributed by atoms with Crippen molar-refractivity contribution in [3.63, 3.8) is 0 Å². The van der Waals surface area contributed by atoms with Crippen molar-refractivity contribution >= 4 is 21.6 Å². The third-order valence-corrected chi connectivity index (χ3v) is 6.17. The van der Waals surface area contributed by atoms with Crippen LogP contribution < -0.4 is 10.5 Å².